The number of hydrogen-bond acceptors (Lipinski definition) is 14. The Balaban J connectivity index is 1.01. The molecule has 3 saturated carbocycles. The second kappa shape index (κ2) is 12.7. The largest absolute Gasteiger partial charge is 0.458 e. The van der Waals surface area contributed by atoms with Gasteiger partial charge in [-0.15, -0.1) is 0 Å². The van der Waals surface area contributed by atoms with Crippen LogP contribution in [0.1, 0.15) is 58.3 Å². The monoisotopic (exact) mass is 680 g/mol. The molecule has 0 spiro atoms. The highest BCUT2D eigenvalue weighted by Gasteiger charge is 2.68. The number of aldehydes is 1. The molecule has 0 bridgehead atoms. The van der Waals surface area contributed by atoms with Gasteiger partial charge in [-0.1, -0.05) is 18.6 Å². The molecule has 2 saturated heterocycles. The van der Waals surface area contributed by atoms with Crippen LogP contribution in [0, 0.1) is 28.6 Å². The van der Waals surface area contributed by atoms with E-state index in [0.717, 1.165) is 36.7 Å². The zero-order valence-corrected chi connectivity index (χ0v) is 27.0. The molecule has 268 valence electrons. The SMILES string of the molecule is C[C@]12CC[C@H]3[C@@H](CCC4=C[C@@H](O[C@@H]5OC[C@H](O[C@@H]6O[C@H](CO)[C@@H](O)[C@H](O)[C@H]6O)[C@H](O)[C@H]5O)CC[C@@]43C=O)[C@@]1(O)CC[C@@H]2C1=CC(=O)OC1. The molecular formula is C34H48O14. The number of cyclic esters (lactones) is 1. The van der Waals surface area contributed by atoms with Crippen LogP contribution in [0.15, 0.2) is 23.3 Å². The number of ether oxygens (including phenoxy) is 5. The molecule has 7 N–H and O–H groups in total. The van der Waals surface area contributed by atoms with Crippen molar-refractivity contribution in [1.82, 2.24) is 0 Å². The first-order valence-corrected chi connectivity index (χ1v) is 17.2. The molecule has 7 aliphatic rings. The predicted molar refractivity (Wildman–Crippen MR) is 161 cm³/mol. The van der Waals surface area contributed by atoms with Crippen molar-refractivity contribution >= 4 is 12.3 Å². The quantitative estimate of drug-likeness (QED) is 0.0974. The Morgan fingerprint density at radius 1 is 0.917 bits per heavy atom. The Bertz CT molecular complexity index is 1320. The van der Waals surface area contributed by atoms with E-state index in [2.05, 4.69) is 6.92 Å². The van der Waals surface area contributed by atoms with Gasteiger partial charge in [0.15, 0.2) is 12.6 Å². The summed E-state index contributed by atoms with van der Waals surface area (Å²) >= 11 is 0. The van der Waals surface area contributed by atoms with Gasteiger partial charge in [-0.3, -0.25) is 0 Å². The van der Waals surface area contributed by atoms with Gasteiger partial charge in [0.2, 0.25) is 0 Å². The maximum atomic E-state index is 13.0. The number of carbonyl (C=O) groups is 2. The average molecular weight is 681 g/mol. The van der Waals surface area contributed by atoms with Crippen molar-refractivity contribution < 1.29 is 69.0 Å². The molecule has 4 aliphatic carbocycles. The number of carbonyl (C=O) groups excluding carboxylic acids is 2. The number of rotatable bonds is 7. The molecule has 0 unspecified atom stereocenters. The first-order chi connectivity index (χ1) is 22.9. The number of hydrogen-bond donors (Lipinski definition) is 7. The highest BCUT2D eigenvalue weighted by atomic mass is 16.7. The minimum absolute atomic E-state index is 0.0399. The number of allylic oxidation sites excluding steroid dienone is 1. The van der Waals surface area contributed by atoms with Crippen LogP contribution in [-0.4, -0.2) is 135 Å². The third-order valence-corrected chi connectivity index (χ3v) is 13.1. The Morgan fingerprint density at radius 3 is 2.40 bits per heavy atom. The maximum absolute atomic E-state index is 13.0. The maximum Gasteiger partial charge on any atom is 0.331 e. The molecule has 16 atom stereocenters. The summed E-state index contributed by atoms with van der Waals surface area (Å²) in [5.41, 5.74) is -0.200. The van der Waals surface area contributed by atoms with Crippen LogP contribution in [0.2, 0.25) is 0 Å². The van der Waals surface area contributed by atoms with Gasteiger partial charge in [0.05, 0.1) is 30.3 Å². The fraction of sp³-hybridized carbons (Fsp3) is 0.824. The summed E-state index contributed by atoms with van der Waals surface area (Å²) in [6, 6.07) is 0. The van der Waals surface area contributed by atoms with E-state index in [1.807, 2.05) is 6.08 Å². The van der Waals surface area contributed by atoms with E-state index in [4.69, 9.17) is 23.7 Å². The van der Waals surface area contributed by atoms with Crippen LogP contribution in [0.5, 0.6) is 0 Å². The second-order valence-corrected chi connectivity index (χ2v) is 15.2. The van der Waals surface area contributed by atoms with E-state index in [-0.39, 0.29) is 36.9 Å². The van der Waals surface area contributed by atoms with Gasteiger partial charge in [0.1, 0.15) is 55.6 Å². The van der Waals surface area contributed by atoms with Gasteiger partial charge in [-0.05, 0) is 74.7 Å². The molecule has 5 fully saturated rings. The molecule has 7 rings (SSSR count). The fourth-order valence-electron chi connectivity index (χ4n) is 10.4. The molecule has 0 aromatic heterocycles. The first kappa shape index (κ1) is 34.6. The third-order valence-electron chi connectivity index (χ3n) is 13.1. The molecule has 14 nitrogen and oxygen atoms in total. The van der Waals surface area contributed by atoms with Gasteiger partial charge in [0.25, 0.3) is 0 Å². The van der Waals surface area contributed by atoms with E-state index in [1.54, 1.807) is 6.08 Å². The van der Waals surface area contributed by atoms with Crippen LogP contribution < -0.4 is 0 Å². The topological polar surface area (TPSA) is 222 Å². The summed E-state index contributed by atoms with van der Waals surface area (Å²) in [6.07, 6.45) is -3.81. The zero-order chi connectivity index (χ0) is 34.2. The van der Waals surface area contributed by atoms with Crippen molar-refractivity contribution in [3.8, 4) is 0 Å². The second-order valence-electron chi connectivity index (χ2n) is 15.2. The van der Waals surface area contributed by atoms with Crippen molar-refractivity contribution in [2.75, 3.05) is 19.8 Å². The van der Waals surface area contributed by atoms with Crippen molar-refractivity contribution in [1.29, 1.82) is 0 Å². The summed E-state index contributed by atoms with van der Waals surface area (Å²) in [5.74, 6) is -0.380. The van der Waals surface area contributed by atoms with Gasteiger partial charge >= 0.3 is 5.97 Å². The first-order valence-electron chi connectivity index (χ1n) is 17.2. The highest BCUT2D eigenvalue weighted by Crippen LogP contribution is 2.69. The van der Waals surface area contributed by atoms with Crippen LogP contribution >= 0.6 is 0 Å². The highest BCUT2D eigenvalue weighted by molar-refractivity contribution is 5.85. The molecule has 3 aliphatic heterocycles. The van der Waals surface area contributed by atoms with Gasteiger partial charge in [-0.25, -0.2) is 4.79 Å². The Labute approximate surface area is 278 Å². The Kier molecular flexibility index (Phi) is 9.19. The van der Waals surface area contributed by atoms with Gasteiger partial charge in [0, 0.05) is 11.5 Å². The van der Waals surface area contributed by atoms with Crippen molar-refractivity contribution in [2.45, 2.75) is 125 Å². The number of esters is 1. The smallest absolute Gasteiger partial charge is 0.331 e. The minimum atomic E-state index is -1.68. The zero-order valence-electron chi connectivity index (χ0n) is 27.0. The molecular weight excluding hydrogens is 632 g/mol. The standard InChI is InChI=1S/C34H48O14/c1-32-7-5-20-21(34(32,43)9-6-19(32)16-10-24(37)44-13-16)3-2-17-11-18(4-8-33(17,20)15-36)46-30-28(41)26(39)23(14-45-30)48-31-29(42)27(40)25(38)22(12-35)47-31/h10-11,15,18-23,25-31,35,38-43H,2-9,12-14H2,1H3/t18-,19+,20-,21+,22+,23-,25+,26-,27-,28+,29+,30-,31-,32+,33+,34-/m0/s1. The summed E-state index contributed by atoms with van der Waals surface area (Å²) in [7, 11) is 0. The van der Waals surface area contributed by atoms with Crippen molar-refractivity contribution in [3.05, 3.63) is 23.3 Å². The molecule has 0 amide bonds. The lowest BCUT2D eigenvalue weighted by Crippen LogP contribution is -2.62. The van der Waals surface area contributed by atoms with Gasteiger partial charge in [-0.2, -0.15) is 0 Å². The van der Waals surface area contributed by atoms with E-state index >= 15 is 0 Å². The lowest BCUT2D eigenvalue weighted by molar-refractivity contribution is -0.345. The molecule has 3 heterocycles. The predicted octanol–water partition coefficient (Wildman–Crippen LogP) is -1.01. The van der Waals surface area contributed by atoms with Gasteiger partial charge < -0.3 is 64.2 Å². The van der Waals surface area contributed by atoms with E-state index in [9.17, 15) is 45.3 Å². The van der Waals surface area contributed by atoms with Crippen LogP contribution in [0.4, 0.5) is 0 Å². The Hall–Kier alpha value is -1.82. The normalized spacial score (nSPS) is 52.0. The van der Waals surface area contributed by atoms with E-state index < -0.39 is 84.4 Å². The molecule has 0 radical (unpaired) electrons. The fourth-order valence-corrected chi connectivity index (χ4v) is 10.4. The number of aliphatic hydroxyl groups excluding tert-OH is 6. The molecule has 48 heavy (non-hydrogen) atoms. The third kappa shape index (κ3) is 5.26. The molecule has 0 aromatic carbocycles. The number of aliphatic hydroxyl groups is 7. The minimum Gasteiger partial charge on any atom is -0.458 e. The summed E-state index contributed by atoms with van der Waals surface area (Å²) in [5, 5.41) is 74.0. The number of fused-ring (bicyclic) bond motifs is 5. The van der Waals surface area contributed by atoms with Crippen LogP contribution in [-0.2, 0) is 33.3 Å². The lowest BCUT2D eigenvalue weighted by atomic mass is 9.45. The van der Waals surface area contributed by atoms with Crippen LogP contribution in [0.3, 0.4) is 0 Å². The molecule has 14 heteroatoms. The van der Waals surface area contributed by atoms with E-state index in [1.165, 1.54) is 0 Å². The van der Waals surface area contributed by atoms with Crippen molar-refractivity contribution in [3.63, 3.8) is 0 Å². The lowest BCUT2D eigenvalue weighted by Gasteiger charge is -2.61. The summed E-state index contributed by atoms with van der Waals surface area (Å²) < 4.78 is 28.1. The van der Waals surface area contributed by atoms with E-state index in [0.29, 0.717) is 32.1 Å². The average Bonchev–Trinajstić information content (AvgIpc) is 3.63. The Morgan fingerprint density at radius 2 is 1.69 bits per heavy atom. The molecule has 0 aromatic rings. The van der Waals surface area contributed by atoms with Crippen molar-refractivity contribution in [2.24, 2.45) is 28.6 Å². The summed E-state index contributed by atoms with van der Waals surface area (Å²) in [4.78, 5) is 24.9. The van der Waals surface area contributed by atoms with Crippen LogP contribution in [0.25, 0.3) is 0 Å². The summed E-state index contributed by atoms with van der Waals surface area (Å²) in [6.45, 7) is 1.52.